The molecule has 0 spiro atoms. The molecule has 6 heteroatoms. The molecule has 1 aliphatic carbocycles. The summed E-state index contributed by atoms with van der Waals surface area (Å²) < 4.78 is 26.5. The second-order valence-electron chi connectivity index (χ2n) is 4.37. The molecule has 0 radical (unpaired) electrons. The zero-order valence-electron chi connectivity index (χ0n) is 9.31. The van der Waals surface area contributed by atoms with E-state index in [4.69, 9.17) is 0 Å². The highest BCUT2D eigenvalue weighted by atomic mass is 32.2. The Balaban J connectivity index is 2.03. The van der Waals surface area contributed by atoms with Crippen LogP contribution >= 0.6 is 0 Å². The Morgan fingerprint density at radius 2 is 2.19 bits per heavy atom. The van der Waals surface area contributed by atoms with Crippen LogP contribution in [0.4, 0.5) is 0 Å². The number of H-pyrrole nitrogens is 1. The van der Waals surface area contributed by atoms with Crippen molar-refractivity contribution in [2.75, 3.05) is 0 Å². The topological polar surface area (TPSA) is 74.8 Å². The van der Waals surface area contributed by atoms with E-state index in [1.54, 1.807) is 0 Å². The van der Waals surface area contributed by atoms with Crippen molar-refractivity contribution >= 4 is 10.0 Å². The molecule has 90 valence electrons. The number of nitrogens with one attached hydrogen (secondary N) is 2. The maximum atomic E-state index is 11.9. The average Bonchev–Trinajstić information content (AvgIpc) is 2.91. The minimum Gasteiger partial charge on any atom is -0.335 e. The summed E-state index contributed by atoms with van der Waals surface area (Å²) >= 11 is 0. The normalized spacial score (nSPS) is 20.1. The van der Waals surface area contributed by atoms with Gasteiger partial charge in [-0.2, -0.15) is 0 Å². The number of aromatic nitrogens is 2. The van der Waals surface area contributed by atoms with Crippen LogP contribution in [0.5, 0.6) is 0 Å². The fourth-order valence-corrected chi connectivity index (χ4v) is 3.47. The van der Waals surface area contributed by atoms with E-state index in [0.29, 0.717) is 5.92 Å². The minimum atomic E-state index is -3.42. The third-order valence-corrected chi connectivity index (χ3v) is 4.70. The van der Waals surface area contributed by atoms with Gasteiger partial charge >= 0.3 is 0 Å². The Labute approximate surface area is 95.7 Å². The van der Waals surface area contributed by atoms with Crippen LogP contribution in [-0.4, -0.2) is 24.4 Å². The predicted molar refractivity (Wildman–Crippen MR) is 60.3 cm³/mol. The highest BCUT2D eigenvalue weighted by molar-refractivity contribution is 7.89. The van der Waals surface area contributed by atoms with Gasteiger partial charge in [0, 0.05) is 6.04 Å². The Bertz CT molecular complexity index is 421. The van der Waals surface area contributed by atoms with Crippen LogP contribution in [0.2, 0.25) is 0 Å². The molecule has 16 heavy (non-hydrogen) atoms. The summed E-state index contributed by atoms with van der Waals surface area (Å²) in [7, 11) is -3.42. The summed E-state index contributed by atoms with van der Waals surface area (Å²) in [4.78, 5) is 6.33. The molecule has 5 nitrogen and oxygen atoms in total. The van der Waals surface area contributed by atoms with Gasteiger partial charge in [0.25, 0.3) is 10.0 Å². The fourth-order valence-electron chi connectivity index (χ4n) is 2.25. The predicted octanol–water partition coefficient (Wildman–Crippen LogP) is 1.27. The second kappa shape index (κ2) is 4.55. The lowest BCUT2D eigenvalue weighted by molar-refractivity contribution is 0.423. The maximum absolute atomic E-state index is 11.9. The molecule has 0 saturated heterocycles. The number of imidazole rings is 1. The van der Waals surface area contributed by atoms with Crippen LogP contribution in [-0.2, 0) is 10.0 Å². The highest BCUT2D eigenvalue weighted by Gasteiger charge is 2.26. The van der Waals surface area contributed by atoms with Crippen molar-refractivity contribution in [1.29, 1.82) is 0 Å². The molecule has 1 atom stereocenters. The molecule has 0 aromatic carbocycles. The molecule has 1 heterocycles. The molecule has 1 fully saturated rings. The highest BCUT2D eigenvalue weighted by Crippen LogP contribution is 2.28. The van der Waals surface area contributed by atoms with Crippen molar-refractivity contribution < 1.29 is 8.42 Å². The Kier molecular flexibility index (Phi) is 3.30. The van der Waals surface area contributed by atoms with Gasteiger partial charge in [0.05, 0.1) is 12.5 Å². The van der Waals surface area contributed by atoms with Crippen LogP contribution in [0, 0.1) is 5.92 Å². The lowest BCUT2D eigenvalue weighted by Crippen LogP contribution is -2.37. The van der Waals surface area contributed by atoms with Crippen LogP contribution in [0.3, 0.4) is 0 Å². The van der Waals surface area contributed by atoms with Gasteiger partial charge in [-0.25, -0.2) is 18.1 Å². The summed E-state index contributed by atoms with van der Waals surface area (Å²) in [5.41, 5.74) is 0. The first-order valence-electron chi connectivity index (χ1n) is 5.60. The van der Waals surface area contributed by atoms with E-state index in [9.17, 15) is 8.42 Å². The molecule has 1 saturated carbocycles. The Morgan fingerprint density at radius 3 is 2.75 bits per heavy atom. The average molecular weight is 243 g/mol. The molecular weight excluding hydrogens is 226 g/mol. The second-order valence-corrected chi connectivity index (χ2v) is 6.05. The summed E-state index contributed by atoms with van der Waals surface area (Å²) in [5.74, 6) is 0.470. The van der Waals surface area contributed by atoms with Crippen molar-refractivity contribution in [1.82, 2.24) is 14.7 Å². The van der Waals surface area contributed by atoms with Crippen molar-refractivity contribution in [2.24, 2.45) is 5.92 Å². The molecule has 1 unspecified atom stereocenters. The molecule has 1 aromatic rings. The van der Waals surface area contributed by atoms with E-state index in [0.717, 1.165) is 12.8 Å². The van der Waals surface area contributed by atoms with E-state index in [-0.39, 0.29) is 11.1 Å². The molecule has 0 aliphatic heterocycles. The largest absolute Gasteiger partial charge is 0.335 e. The number of sulfonamides is 1. The third-order valence-electron chi connectivity index (χ3n) is 3.21. The van der Waals surface area contributed by atoms with E-state index in [1.807, 2.05) is 6.92 Å². The smallest absolute Gasteiger partial charge is 0.257 e. The fraction of sp³-hybridized carbons (Fsp3) is 0.700. The van der Waals surface area contributed by atoms with E-state index < -0.39 is 10.0 Å². The summed E-state index contributed by atoms with van der Waals surface area (Å²) in [6.45, 7) is 1.93. The van der Waals surface area contributed by atoms with E-state index >= 15 is 0 Å². The molecule has 2 N–H and O–H groups in total. The SMILES string of the molecule is CC(NS(=O)(=O)c1cnc[nH]1)C1CCCC1. The lowest BCUT2D eigenvalue weighted by Gasteiger charge is -2.19. The monoisotopic (exact) mass is 243 g/mol. The molecule has 1 aliphatic rings. The first kappa shape index (κ1) is 11.6. The van der Waals surface area contributed by atoms with Crippen molar-refractivity contribution in [2.45, 2.75) is 43.7 Å². The number of aromatic amines is 1. The first-order chi connectivity index (χ1) is 7.59. The van der Waals surface area contributed by atoms with Crippen molar-refractivity contribution in [3.8, 4) is 0 Å². The van der Waals surface area contributed by atoms with Crippen LogP contribution < -0.4 is 4.72 Å². The van der Waals surface area contributed by atoms with Gasteiger partial charge in [0.1, 0.15) is 0 Å². The number of hydrogen-bond donors (Lipinski definition) is 2. The molecule has 0 bridgehead atoms. The van der Waals surface area contributed by atoms with Gasteiger partial charge in [0.2, 0.25) is 0 Å². The summed E-state index contributed by atoms with van der Waals surface area (Å²) in [6.07, 6.45) is 7.35. The molecular formula is C10H17N3O2S. The maximum Gasteiger partial charge on any atom is 0.257 e. The van der Waals surface area contributed by atoms with Gasteiger partial charge in [-0.1, -0.05) is 12.8 Å². The number of hydrogen-bond acceptors (Lipinski definition) is 3. The Morgan fingerprint density at radius 1 is 1.50 bits per heavy atom. The van der Waals surface area contributed by atoms with Crippen molar-refractivity contribution in [3.05, 3.63) is 12.5 Å². The van der Waals surface area contributed by atoms with Crippen LogP contribution in [0.1, 0.15) is 32.6 Å². The van der Waals surface area contributed by atoms with Gasteiger partial charge in [0.15, 0.2) is 5.03 Å². The molecule has 2 rings (SSSR count). The van der Waals surface area contributed by atoms with E-state index in [2.05, 4.69) is 14.7 Å². The Hall–Kier alpha value is -0.880. The first-order valence-corrected chi connectivity index (χ1v) is 7.08. The zero-order chi connectivity index (χ0) is 11.6. The molecule has 1 aromatic heterocycles. The van der Waals surface area contributed by atoms with Gasteiger partial charge < -0.3 is 4.98 Å². The standard InChI is InChI=1S/C10H17N3O2S/c1-8(9-4-2-3-5-9)13-16(14,15)10-6-11-7-12-10/h6-9,13H,2-5H2,1H3,(H,11,12). The molecule has 0 amide bonds. The number of nitrogens with zero attached hydrogens (tertiary/aromatic N) is 1. The minimum absolute atomic E-state index is 0.00389. The lowest BCUT2D eigenvalue weighted by atomic mass is 10.0. The van der Waals surface area contributed by atoms with Crippen LogP contribution in [0.15, 0.2) is 17.6 Å². The summed E-state index contributed by atoms with van der Waals surface area (Å²) in [5, 5.41) is 0.136. The number of rotatable bonds is 4. The van der Waals surface area contributed by atoms with Gasteiger partial charge in [-0.3, -0.25) is 0 Å². The van der Waals surface area contributed by atoms with Crippen LogP contribution in [0.25, 0.3) is 0 Å². The summed E-state index contributed by atoms with van der Waals surface area (Å²) in [6, 6.07) is -0.00389. The zero-order valence-corrected chi connectivity index (χ0v) is 10.1. The van der Waals surface area contributed by atoms with Gasteiger partial charge in [-0.15, -0.1) is 0 Å². The quantitative estimate of drug-likeness (QED) is 0.836. The van der Waals surface area contributed by atoms with E-state index in [1.165, 1.54) is 25.4 Å². The third kappa shape index (κ3) is 2.44. The van der Waals surface area contributed by atoms with Crippen molar-refractivity contribution in [3.63, 3.8) is 0 Å². The van der Waals surface area contributed by atoms with Gasteiger partial charge in [-0.05, 0) is 25.7 Å².